The third-order valence-corrected chi connectivity index (χ3v) is 5.16. The maximum absolute atomic E-state index is 12.3. The SMILES string of the molecule is CCOC(=O)CC/C=C\CC(NCCC(=O)C1CCCCC1)C(=S)OCC. The molecule has 6 heteroatoms. The summed E-state index contributed by atoms with van der Waals surface area (Å²) in [7, 11) is 0. The van der Waals surface area contributed by atoms with Gasteiger partial charge in [-0.05, 0) is 51.7 Å². The first kappa shape index (κ1) is 23.8. The summed E-state index contributed by atoms with van der Waals surface area (Å²) in [6.45, 7) is 5.27. The van der Waals surface area contributed by atoms with Crippen molar-refractivity contribution in [1.29, 1.82) is 0 Å². The smallest absolute Gasteiger partial charge is 0.306 e. The summed E-state index contributed by atoms with van der Waals surface area (Å²) >= 11 is 5.36. The second-order valence-corrected chi connectivity index (χ2v) is 7.26. The number of Topliss-reactive ketones (excluding diaryl/α,β-unsaturated/α-hetero) is 1. The van der Waals surface area contributed by atoms with Crippen LogP contribution in [0.2, 0.25) is 0 Å². The van der Waals surface area contributed by atoms with Gasteiger partial charge in [0.1, 0.15) is 5.78 Å². The molecule has 0 heterocycles. The van der Waals surface area contributed by atoms with E-state index in [2.05, 4.69) is 5.32 Å². The number of hydrogen-bond acceptors (Lipinski definition) is 6. The van der Waals surface area contributed by atoms with E-state index in [0.717, 1.165) is 12.8 Å². The lowest BCUT2D eigenvalue weighted by molar-refractivity contribution is -0.143. The predicted molar refractivity (Wildman–Crippen MR) is 112 cm³/mol. The third kappa shape index (κ3) is 10.6. The Hall–Kier alpha value is -1.27. The van der Waals surface area contributed by atoms with E-state index in [9.17, 15) is 9.59 Å². The van der Waals surface area contributed by atoms with Crippen molar-refractivity contribution in [3.05, 3.63) is 12.2 Å². The molecule has 1 fully saturated rings. The Morgan fingerprint density at radius 1 is 1.07 bits per heavy atom. The molecule has 0 bridgehead atoms. The Bertz CT molecular complexity index is 487. The van der Waals surface area contributed by atoms with Crippen LogP contribution in [0.4, 0.5) is 0 Å². The molecule has 0 aromatic carbocycles. The molecule has 1 unspecified atom stereocenters. The van der Waals surface area contributed by atoms with E-state index in [1.54, 1.807) is 6.92 Å². The number of hydrogen-bond donors (Lipinski definition) is 1. The lowest BCUT2D eigenvalue weighted by Gasteiger charge is -2.22. The first-order chi connectivity index (χ1) is 13.1. The standard InChI is InChI=1S/C21H35NO4S/c1-3-25-20(24)14-10-6-9-13-18(21(27)26-4-2)22-16-15-19(23)17-11-7-5-8-12-17/h6,9,17-18,22H,3-5,7-8,10-16H2,1-2H3/b9-6-. The van der Waals surface area contributed by atoms with E-state index in [0.29, 0.717) is 56.3 Å². The van der Waals surface area contributed by atoms with E-state index >= 15 is 0 Å². The van der Waals surface area contributed by atoms with E-state index < -0.39 is 0 Å². The molecule has 1 atom stereocenters. The fourth-order valence-corrected chi connectivity index (χ4v) is 3.59. The maximum atomic E-state index is 12.3. The van der Waals surface area contributed by atoms with Gasteiger partial charge in [-0.15, -0.1) is 0 Å². The number of carbonyl (C=O) groups excluding carboxylic acids is 2. The number of nitrogens with one attached hydrogen (secondary N) is 1. The molecule has 1 aliphatic carbocycles. The minimum absolute atomic E-state index is 0.0991. The second-order valence-electron chi connectivity index (χ2n) is 6.86. The zero-order valence-corrected chi connectivity index (χ0v) is 17.7. The van der Waals surface area contributed by atoms with Crippen LogP contribution in [0.15, 0.2) is 12.2 Å². The summed E-state index contributed by atoms with van der Waals surface area (Å²) in [5.41, 5.74) is 0. The lowest BCUT2D eigenvalue weighted by Crippen LogP contribution is -2.38. The van der Waals surface area contributed by atoms with Gasteiger partial charge in [0.25, 0.3) is 0 Å². The molecule has 0 saturated heterocycles. The summed E-state index contributed by atoms with van der Waals surface area (Å²) in [6.07, 6.45) is 11.9. The third-order valence-electron chi connectivity index (χ3n) is 4.75. The normalized spacial score (nSPS) is 16.2. The Morgan fingerprint density at radius 3 is 2.44 bits per heavy atom. The maximum Gasteiger partial charge on any atom is 0.306 e. The summed E-state index contributed by atoms with van der Waals surface area (Å²) in [5.74, 6) is 0.441. The summed E-state index contributed by atoms with van der Waals surface area (Å²) in [4.78, 5) is 23.7. The molecule has 0 aromatic rings. The van der Waals surface area contributed by atoms with Gasteiger partial charge in [-0.1, -0.05) is 31.4 Å². The molecule has 0 aliphatic heterocycles. The fraction of sp³-hybridized carbons (Fsp3) is 0.762. The molecule has 27 heavy (non-hydrogen) atoms. The summed E-state index contributed by atoms with van der Waals surface area (Å²) in [6, 6.07) is -0.0991. The second kappa shape index (κ2) is 14.7. The van der Waals surface area contributed by atoms with E-state index in [1.807, 2.05) is 19.1 Å². The Morgan fingerprint density at radius 2 is 1.78 bits per heavy atom. The molecule has 1 rings (SSSR count). The fourth-order valence-electron chi connectivity index (χ4n) is 3.29. The van der Waals surface area contributed by atoms with Gasteiger partial charge >= 0.3 is 5.97 Å². The van der Waals surface area contributed by atoms with E-state index in [4.69, 9.17) is 21.7 Å². The topological polar surface area (TPSA) is 64.6 Å². The number of rotatable bonds is 13. The molecule has 0 spiro atoms. The van der Waals surface area contributed by atoms with Crippen LogP contribution in [0.1, 0.15) is 71.6 Å². The largest absolute Gasteiger partial charge is 0.486 e. The zero-order valence-electron chi connectivity index (χ0n) is 16.8. The number of ether oxygens (including phenoxy) is 2. The zero-order chi connectivity index (χ0) is 19.9. The highest BCUT2D eigenvalue weighted by atomic mass is 32.1. The van der Waals surface area contributed by atoms with Crippen molar-refractivity contribution in [3.8, 4) is 0 Å². The monoisotopic (exact) mass is 397 g/mol. The number of allylic oxidation sites excluding steroid dienone is 1. The van der Waals surface area contributed by atoms with E-state index in [1.165, 1.54) is 19.3 Å². The van der Waals surface area contributed by atoms with Gasteiger partial charge in [0.15, 0.2) is 5.05 Å². The molecule has 1 N–H and O–H groups in total. The van der Waals surface area contributed by atoms with Crippen LogP contribution in [-0.4, -0.2) is 42.6 Å². The van der Waals surface area contributed by atoms with Crippen LogP contribution in [0.3, 0.4) is 0 Å². The Balaban J connectivity index is 2.36. The van der Waals surface area contributed by atoms with Crippen molar-refractivity contribution in [3.63, 3.8) is 0 Å². The molecule has 0 aromatic heterocycles. The molecule has 1 saturated carbocycles. The van der Waals surface area contributed by atoms with Gasteiger partial charge in [-0.2, -0.15) is 0 Å². The van der Waals surface area contributed by atoms with Crippen LogP contribution in [0, 0.1) is 5.92 Å². The van der Waals surface area contributed by atoms with Crippen molar-refractivity contribution in [2.45, 2.75) is 77.7 Å². The van der Waals surface area contributed by atoms with Gasteiger partial charge in [-0.3, -0.25) is 9.59 Å². The van der Waals surface area contributed by atoms with Crippen LogP contribution < -0.4 is 5.32 Å². The van der Waals surface area contributed by atoms with Gasteiger partial charge in [0, 0.05) is 25.3 Å². The van der Waals surface area contributed by atoms with Crippen molar-refractivity contribution < 1.29 is 19.1 Å². The summed E-state index contributed by atoms with van der Waals surface area (Å²) < 4.78 is 10.4. The number of thiocarbonyl (C=S) groups is 1. The van der Waals surface area contributed by atoms with Gasteiger partial charge in [0.2, 0.25) is 0 Å². The number of esters is 1. The van der Waals surface area contributed by atoms with Crippen LogP contribution in [0.25, 0.3) is 0 Å². The highest BCUT2D eigenvalue weighted by Crippen LogP contribution is 2.25. The number of ketones is 1. The molecule has 5 nitrogen and oxygen atoms in total. The average Bonchev–Trinajstić information content (AvgIpc) is 2.67. The minimum atomic E-state index is -0.178. The number of carbonyl (C=O) groups is 2. The predicted octanol–water partition coefficient (Wildman–Crippen LogP) is 4.14. The minimum Gasteiger partial charge on any atom is -0.486 e. The molecule has 0 amide bonds. The van der Waals surface area contributed by atoms with Crippen molar-refractivity contribution in [1.82, 2.24) is 5.32 Å². The lowest BCUT2D eigenvalue weighted by atomic mass is 9.85. The van der Waals surface area contributed by atoms with Crippen LogP contribution in [-0.2, 0) is 19.1 Å². The van der Waals surface area contributed by atoms with Crippen molar-refractivity contribution in [2.75, 3.05) is 19.8 Å². The molecule has 1 aliphatic rings. The first-order valence-electron chi connectivity index (χ1n) is 10.3. The van der Waals surface area contributed by atoms with Crippen molar-refractivity contribution in [2.24, 2.45) is 5.92 Å². The van der Waals surface area contributed by atoms with Gasteiger partial charge in [-0.25, -0.2) is 0 Å². The van der Waals surface area contributed by atoms with Gasteiger partial charge < -0.3 is 14.8 Å². The molecular formula is C21H35NO4S. The van der Waals surface area contributed by atoms with E-state index in [-0.39, 0.29) is 17.9 Å². The highest BCUT2D eigenvalue weighted by molar-refractivity contribution is 7.80. The highest BCUT2D eigenvalue weighted by Gasteiger charge is 2.21. The molecule has 154 valence electrons. The van der Waals surface area contributed by atoms with Crippen molar-refractivity contribution >= 4 is 29.0 Å². The first-order valence-corrected chi connectivity index (χ1v) is 10.7. The summed E-state index contributed by atoms with van der Waals surface area (Å²) in [5, 5.41) is 3.89. The van der Waals surface area contributed by atoms with Crippen LogP contribution in [0.5, 0.6) is 0 Å². The molecule has 0 radical (unpaired) electrons. The average molecular weight is 398 g/mol. The van der Waals surface area contributed by atoms with Crippen LogP contribution >= 0.6 is 12.2 Å². The molecular weight excluding hydrogens is 362 g/mol. The quantitative estimate of drug-likeness (QED) is 0.286. The van der Waals surface area contributed by atoms with Gasteiger partial charge in [0.05, 0.1) is 19.3 Å². The Kier molecular flexibility index (Phi) is 13.0. The Labute approximate surface area is 169 Å².